The van der Waals surface area contributed by atoms with Gasteiger partial charge in [0.2, 0.25) is 8.32 Å². The fourth-order valence-electron chi connectivity index (χ4n) is 7.96. The average molecular weight is 617 g/mol. The molecule has 0 aliphatic carbocycles. The Labute approximate surface area is 261 Å². The third-order valence-electron chi connectivity index (χ3n) is 10.0. The van der Waals surface area contributed by atoms with Crippen LogP contribution >= 0.6 is 0 Å². The molecule has 0 aromatic heterocycles. The van der Waals surface area contributed by atoms with Crippen LogP contribution in [-0.4, -0.2) is 75.3 Å². The van der Waals surface area contributed by atoms with Gasteiger partial charge in [-0.3, -0.25) is 4.79 Å². The summed E-state index contributed by atoms with van der Waals surface area (Å²) in [7, 11) is -2.39. The summed E-state index contributed by atoms with van der Waals surface area (Å²) in [4.78, 5) is 12.3. The lowest BCUT2D eigenvalue weighted by molar-refractivity contribution is -0.232. The van der Waals surface area contributed by atoms with E-state index in [2.05, 4.69) is 85.8 Å². The van der Waals surface area contributed by atoms with Gasteiger partial charge in [0, 0.05) is 20.0 Å². The Morgan fingerprint density at radius 3 is 2.37 bits per heavy atom. The van der Waals surface area contributed by atoms with Gasteiger partial charge in [-0.25, -0.2) is 0 Å². The maximum absolute atomic E-state index is 12.3. The van der Waals surface area contributed by atoms with Gasteiger partial charge in [-0.15, -0.1) is 0 Å². The van der Waals surface area contributed by atoms with Crippen LogP contribution in [0.1, 0.15) is 101 Å². The number of carbonyl (C=O) groups excluding carboxylic acids is 1. The number of carbonyl (C=O) groups is 1. The molecule has 9 atom stereocenters. The Morgan fingerprint density at radius 2 is 1.70 bits per heavy atom. The van der Waals surface area contributed by atoms with E-state index in [0.29, 0.717) is 23.0 Å². The van der Waals surface area contributed by atoms with Crippen LogP contribution in [0.2, 0.25) is 16.6 Å². The zero-order valence-electron chi connectivity index (χ0n) is 28.0. The first-order chi connectivity index (χ1) is 20.4. The lowest BCUT2D eigenvalue weighted by Gasteiger charge is -2.53. The smallest absolute Gasteiger partial charge is 0.303 e. The topological polar surface area (TPSA) is 72.5 Å². The summed E-state index contributed by atoms with van der Waals surface area (Å²) in [5.74, 6) is -0.302. The van der Waals surface area contributed by atoms with Crippen LogP contribution in [0.3, 0.4) is 0 Å². The summed E-state index contributed by atoms with van der Waals surface area (Å²) in [6, 6.07) is 0. The van der Waals surface area contributed by atoms with Crippen LogP contribution in [0.5, 0.6) is 0 Å². The number of ether oxygens (including phenoxy) is 5. The summed E-state index contributed by atoms with van der Waals surface area (Å²) < 4.78 is 39.8. The van der Waals surface area contributed by atoms with Gasteiger partial charge in [0.05, 0.1) is 30.5 Å². The molecular weight excluding hydrogens is 560 g/mol. The minimum atomic E-state index is -2.39. The molecule has 0 bridgehead atoms. The molecule has 4 aliphatic heterocycles. The summed E-state index contributed by atoms with van der Waals surface area (Å²) in [5.41, 5.74) is 0.242. The minimum Gasteiger partial charge on any atom is -0.459 e. The summed E-state index contributed by atoms with van der Waals surface area (Å²) in [6.07, 6.45) is 17.9. The van der Waals surface area contributed by atoms with E-state index >= 15 is 0 Å². The van der Waals surface area contributed by atoms with E-state index in [1.54, 1.807) is 0 Å². The molecule has 43 heavy (non-hydrogen) atoms. The molecule has 0 unspecified atom stereocenters. The molecule has 4 rings (SSSR count). The zero-order valence-corrected chi connectivity index (χ0v) is 29.0. The van der Waals surface area contributed by atoms with Gasteiger partial charge in [-0.05, 0) is 74.7 Å². The lowest BCUT2D eigenvalue weighted by Crippen LogP contribution is -2.63. The molecule has 4 aliphatic rings. The molecule has 242 valence electrons. The predicted octanol–water partition coefficient (Wildman–Crippen LogP) is 7.21. The first-order valence-corrected chi connectivity index (χ1v) is 18.8. The molecule has 8 heteroatoms. The second-order valence-electron chi connectivity index (χ2n) is 14.0. The van der Waals surface area contributed by atoms with E-state index in [4.69, 9.17) is 28.1 Å². The van der Waals surface area contributed by atoms with Crippen molar-refractivity contribution >= 4 is 14.3 Å². The second kappa shape index (κ2) is 14.9. The zero-order chi connectivity index (χ0) is 31.4. The second-order valence-corrected chi connectivity index (χ2v) is 19.4. The molecule has 0 saturated carbocycles. The Bertz CT molecular complexity index is 984. The molecule has 0 aromatic carbocycles. The van der Waals surface area contributed by atoms with E-state index < -0.39 is 32.2 Å². The van der Waals surface area contributed by atoms with Gasteiger partial charge in [-0.2, -0.15) is 0 Å². The van der Waals surface area contributed by atoms with Gasteiger partial charge in [0.1, 0.15) is 23.9 Å². The van der Waals surface area contributed by atoms with E-state index in [-0.39, 0.29) is 36.5 Å². The number of esters is 1. The van der Waals surface area contributed by atoms with Gasteiger partial charge < -0.3 is 28.1 Å². The van der Waals surface area contributed by atoms with Gasteiger partial charge >= 0.3 is 5.97 Å². The summed E-state index contributed by atoms with van der Waals surface area (Å²) in [5, 5.41) is 0. The summed E-state index contributed by atoms with van der Waals surface area (Å²) >= 11 is 0. The molecule has 0 spiro atoms. The molecule has 4 heterocycles. The maximum Gasteiger partial charge on any atom is 0.303 e. The van der Waals surface area contributed by atoms with Crippen molar-refractivity contribution in [1.82, 2.24) is 0 Å². The predicted molar refractivity (Wildman–Crippen MR) is 170 cm³/mol. The fraction of sp³-hybridized carbons (Fsp3) is 0.800. The number of hydrogen-bond donors (Lipinski definition) is 0. The third kappa shape index (κ3) is 7.93. The van der Waals surface area contributed by atoms with Crippen molar-refractivity contribution < 1.29 is 32.9 Å². The molecular formula is C35H56O7Si. The minimum absolute atomic E-state index is 0.0116. The number of fused-ring (bicyclic) bond motifs is 2. The first-order valence-electron chi connectivity index (χ1n) is 16.7. The van der Waals surface area contributed by atoms with Gasteiger partial charge in [0.15, 0.2) is 0 Å². The highest BCUT2D eigenvalue weighted by Crippen LogP contribution is 2.47. The molecule has 2 saturated heterocycles. The Morgan fingerprint density at radius 1 is 1.00 bits per heavy atom. The van der Waals surface area contributed by atoms with Crippen LogP contribution in [0.25, 0.3) is 0 Å². The Hall–Kier alpha value is -1.29. The highest BCUT2D eigenvalue weighted by atomic mass is 28.4. The Balaban J connectivity index is 1.71. The van der Waals surface area contributed by atoms with Crippen molar-refractivity contribution in [2.45, 2.75) is 172 Å². The monoisotopic (exact) mass is 616 g/mol. The van der Waals surface area contributed by atoms with Gasteiger partial charge in [0.25, 0.3) is 0 Å². The number of allylic oxidation sites excluding steroid dienone is 2. The molecule has 0 N–H and O–H groups in total. The molecule has 2 radical (unpaired) electrons. The largest absolute Gasteiger partial charge is 0.459 e. The van der Waals surface area contributed by atoms with Crippen LogP contribution in [0.4, 0.5) is 0 Å². The molecule has 0 amide bonds. The number of rotatable bonds is 9. The van der Waals surface area contributed by atoms with Crippen LogP contribution < -0.4 is 0 Å². The first kappa shape index (κ1) is 34.6. The Kier molecular flexibility index (Phi) is 12.0. The molecule has 0 aromatic rings. The van der Waals surface area contributed by atoms with Gasteiger partial charge in [-0.1, -0.05) is 65.8 Å². The molecule has 2 fully saturated rings. The van der Waals surface area contributed by atoms with Crippen molar-refractivity contribution in [2.24, 2.45) is 0 Å². The fourth-order valence-corrected chi connectivity index (χ4v) is 13.6. The van der Waals surface area contributed by atoms with Crippen molar-refractivity contribution in [3.05, 3.63) is 36.5 Å². The standard InChI is InChI=1S/C35H56O7Si/c1-23(2)43(24(3)4,25(5)6)42-34(35(9)33(38-27(8)36)20-17-26(7)41-35)22-28-14-11-10-12-15-31-32(39-28)19-18-29-30(40-31)16-13-21-37-29/h10,12,18-19,23-26,28-34H,13,15-17,20-22H2,1-9H3/b12-10-,14-11?/t26-,28+,29-,30+,31-,32+,33-,34-,35-/m1/s1. The SMILES string of the molecule is CC(=O)O[C@@H]1CC[C@@H](C)O[C@@]1(C)[C@@H](C[C@@H]1[C]=[C]/C=C\C[C@H]2O[C@H]3CCCO[C@@H]3C=C[C@@H]2O1)O[Si](C(C)C)(C(C)C)C(C)C. The van der Waals surface area contributed by atoms with Crippen LogP contribution in [-0.2, 0) is 32.9 Å². The van der Waals surface area contributed by atoms with Crippen molar-refractivity contribution in [3.8, 4) is 0 Å². The van der Waals surface area contributed by atoms with Crippen molar-refractivity contribution in [2.75, 3.05) is 6.61 Å². The highest BCUT2D eigenvalue weighted by molar-refractivity contribution is 6.77. The summed E-state index contributed by atoms with van der Waals surface area (Å²) in [6.45, 7) is 20.2. The quantitative estimate of drug-likeness (QED) is 0.154. The normalized spacial score (nSPS) is 36.7. The number of hydrogen-bond acceptors (Lipinski definition) is 7. The third-order valence-corrected chi connectivity index (χ3v) is 16.1. The van der Waals surface area contributed by atoms with Crippen LogP contribution in [0, 0.1) is 12.2 Å². The average Bonchev–Trinajstić information content (AvgIpc) is 3.03. The highest BCUT2D eigenvalue weighted by Gasteiger charge is 2.55. The van der Waals surface area contributed by atoms with Crippen molar-refractivity contribution in [1.29, 1.82) is 0 Å². The van der Waals surface area contributed by atoms with E-state index in [0.717, 1.165) is 38.7 Å². The maximum atomic E-state index is 12.3. The van der Waals surface area contributed by atoms with E-state index in [9.17, 15) is 4.79 Å². The van der Waals surface area contributed by atoms with Crippen molar-refractivity contribution in [3.63, 3.8) is 0 Å². The van der Waals surface area contributed by atoms with E-state index in [1.165, 1.54) is 6.92 Å². The van der Waals surface area contributed by atoms with E-state index in [1.807, 2.05) is 6.08 Å². The van der Waals surface area contributed by atoms with Crippen LogP contribution in [0.15, 0.2) is 24.3 Å². The lowest BCUT2D eigenvalue weighted by atomic mass is 9.83. The molecule has 7 nitrogen and oxygen atoms in total.